The molecule has 0 spiro atoms. The van der Waals surface area contributed by atoms with E-state index in [-0.39, 0.29) is 0 Å². The lowest BCUT2D eigenvalue weighted by molar-refractivity contribution is 0.288. The summed E-state index contributed by atoms with van der Waals surface area (Å²) in [6.45, 7) is 1.54. The second-order valence-corrected chi connectivity index (χ2v) is 4.64. The maximum atomic E-state index is 5.36. The number of benzene rings is 1. The molecule has 3 aromatic rings. The molecule has 0 atom stereocenters. The van der Waals surface area contributed by atoms with Gasteiger partial charge in [-0.2, -0.15) is 5.21 Å². The van der Waals surface area contributed by atoms with Gasteiger partial charge in [-0.1, -0.05) is 24.3 Å². The van der Waals surface area contributed by atoms with Crippen LogP contribution in [0.2, 0.25) is 0 Å². The number of rotatable bonds is 5. The molecule has 3 rings (SSSR count). The Morgan fingerprint density at radius 1 is 1.15 bits per heavy atom. The molecular weight excluding hydrogens is 254 g/mol. The van der Waals surface area contributed by atoms with Crippen LogP contribution >= 0.6 is 0 Å². The van der Waals surface area contributed by atoms with Crippen molar-refractivity contribution in [1.29, 1.82) is 0 Å². The summed E-state index contributed by atoms with van der Waals surface area (Å²) in [5.41, 5.74) is 2.15. The van der Waals surface area contributed by atoms with Crippen molar-refractivity contribution in [3.8, 4) is 11.4 Å². The monoisotopic (exact) mass is 269 g/mol. The maximum Gasteiger partial charge on any atom is 0.204 e. The van der Waals surface area contributed by atoms with E-state index in [9.17, 15) is 0 Å². The molecule has 0 amide bonds. The van der Waals surface area contributed by atoms with Crippen LogP contribution < -0.4 is 0 Å². The van der Waals surface area contributed by atoms with Crippen LogP contribution in [-0.2, 0) is 13.1 Å². The summed E-state index contributed by atoms with van der Waals surface area (Å²) in [7, 11) is 2.05. The third-order valence-electron chi connectivity index (χ3n) is 3.05. The zero-order valence-electron chi connectivity index (χ0n) is 11.2. The summed E-state index contributed by atoms with van der Waals surface area (Å²) in [4.78, 5) is 2.18. The number of nitrogens with zero attached hydrogens (tertiary/aromatic N) is 4. The van der Waals surface area contributed by atoms with Crippen molar-refractivity contribution < 1.29 is 4.42 Å². The van der Waals surface area contributed by atoms with Crippen molar-refractivity contribution in [2.45, 2.75) is 13.1 Å². The highest BCUT2D eigenvalue weighted by Crippen LogP contribution is 2.20. The smallest absolute Gasteiger partial charge is 0.204 e. The highest BCUT2D eigenvalue weighted by Gasteiger charge is 2.11. The van der Waals surface area contributed by atoms with Gasteiger partial charge in [0.15, 0.2) is 0 Å². The lowest BCUT2D eigenvalue weighted by Crippen LogP contribution is -2.17. The number of furan rings is 1. The third kappa shape index (κ3) is 2.75. The number of aromatic amines is 1. The van der Waals surface area contributed by atoms with Crippen LogP contribution in [-0.4, -0.2) is 32.6 Å². The summed E-state index contributed by atoms with van der Waals surface area (Å²) in [6, 6.07) is 11.9. The largest absolute Gasteiger partial charge is 0.468 e. The first kappa shape index (κ1) is 12.6. The zero-order chi connectivity index (χ0) is 13.8. The van der Waals surface area contributed by atoms with Crippen molar-refractivity contribution in [3.05, 3.63) is 54.0 Å². The van der Waals surface area contributed by atoms with Crippen molar-refractivity contribution in [2.75, 3.05) is 7.05 Å². The number of tetrazole rings is 1. The van der Waals surface area contributed by atoms with E-state index in [1.807, 2.05) is 30.3 Å². The Bertz CT molecular complexity index is 648. The van der Waals surface area contributed by atoms with Crippen molar-refractivity contribution >= 4 is 0 Å². The summed E-state index contributed by atoms with van der Waals surface area (Å²) in [5.74, 6) is 1.57. The maximum absolute atomic E-state index is 5.36. The van der Waals surface area contributed by atoms with Crippen molar-refractivity contribution in [2.24, 2.45) is 0 Å². The minimum absolute atomic E-state index is 0.618. The summed E-state index contributed by atoms with van der Waals surface area (Å²) >= 11 is 0. The molecule has 2 heterocycles. The summed E-state index contributed by atoms with van der Waals surface area (Å²) < 4.78 is 5.36. The Hall–Kier alpha value is -2.47. The summed E-state index contributed by atoms with van der Waals surface area (Å²) in [6.07, 6.45) is 1.69. The standard InChI is InChI=1S/C14H15N5O/c1-19(10-12-6-4-8-20-12)9-11-5-2-3-7-13(11)14-15-17-18-16-14/h2-8H,9-10H2,1H3,(H,15,16,17,18). The fourth-order valence-electron chi connectivity index (χ4n) is 2.17. The molecular formula is C14H15N5O. The average molecular weight is 269 g/mol. The lowest BCUT2D eigenvalue weighted by atomic mass is 10.1. The van der Waals surface area contributed by atoms with Gasteiger partial charge in [-0.3, -0.25) is 4.90 Å². The Labute approximate surface area is 116 Å². The van der Waals surface area contributed by atoms with Crippen LogP contribution in [0.25, 0.3) is 11.4 Å². The number of hydrogen-bond acceptors (Lipinski definition) is 5. The van der Waals surface area contributed by atoms with E-state index < -0.39 is 0 Å². The van der Waals surface area contributed by atoms with Gasteiger partial charge in [-0.25, -0.2) is 0 Å². The van der Waals surface area contributed by atoms with E-state index in [2.05, 4.69) is 38.6 Å². The van der Waals surface area contributed by atoms with E-state index >= 15 is 0 Å². The molecule has 0 radical (unpaired) electrons. The van der Waals surface area contributed by atoms with Crippen molar-refractivity contribution in [3.63, 3.8) is 0 Å². The Balaban J connectivity index is 1.77. The highest BCUT2D eigenvalue weighted by molar-refractivity contribution is 5.59. The Kier molecular flexibility index (Phi) is 3.56. The predicted octanol–water partition coefficient (Wildman–Crippen LogP) is 2.09. The molecule has 0 bridgehead atoms. The first-order valence-corrected chi connectivity index (χ1v) is 6.35. The minimum atomic E-state index is 0.618. The molecule has 0 saturated carbocycles. The zero-order valence-corrected chi connectivity index (χ0v) is 11.2. The fourth-order valence-corrected chi connectivity index (χ4v) is 2.17. The van der Waals surface area contributed by atoms with E-state index in [0.717, 1.165) is 30.0 Å². The Morgan fingerprint density at radius 2 is 2.05 bits per heavy atom. The number of nitrogens with one attached hydrogen (secondary N) is 1. The van der Waals surface area contributed by atoms with Gasteiger partial charge in [0.1, 0.15) is 5.76 Å². The second kappa shape index (κ2) is 5.66. The van der Waals surface area contributed by atoms with Gasteiger partial charge in [0, 0.05) is 12.1 Å². The Morgan fingerprint density at radius 3 is 2.80 bits per heavy atom. The SMILES string of the molecule is CN(Cc1ccco1)Cc1ccccc1-c1nn[nH]n1. The number of hydrogen-bond donors (Lipinski definition) is 1. The highest BCUT2D eigenvalue weighted by atomic mass is 16.3. The van der Waals surface area contributed by atoms with Gasteiger partial charge in [0.2, 0.25) is 5.82 Å². The lowest BCUT2D eigenvalue weighted by Gasteiger charge is -2.16. The molecule has 6 nitrogen and oxygen atoms in total. The van der Waals surface area contributed by atoms with E-state index in [1.165, 1.54) is 0 Å². The van der Waals surface area contributed by atoms with Crippen LogP contribution in [0.1, 0.15) is 11.3 Å². The third-order valence-corrected chi connectivity index (χ3v) is 3.05. The van der Waals surface area contributed by atoms with Crippen molar-refractivity contribution in [1.82, 2.24) is 25.5 Å². The number of H-pyrrole nitrogens is 1. The molecule has 0 saturated heterocycles. The van der Waals surface area contributed by atoms with Crippen LogP contribution in [0.4, 0.5) is 0 Å². The van der Waals surface area contributed by atoms with Crippen LogP contribution in [0, 0.1) is 0 Å². The van der Waals surface area contributed by atoms with Gasteiger partial charge in [-0.15, -0.1) is 10.2 Å². The molecule has 6 heteroatoms. The predicted molar refractivity (Wildman–Crippen MR) is 73.5 cm³/mol. The fraction of sp³-hybridized carbons (Fsp3) is 0.214. The molecule has 0 fully saturated rings. The molecule has 2 aromatic heterocycles. The summed E-state index contributed by atoms with van der Waals surface area (Å²) in [5, 5.41) is 14.2. The van der Waals surface area contributed by atoms with Gasteiger partial charge < -0.3 is 4.42 Å². The molecule has 0 unspecified atom stereocenters. The van der Waals surface area contributed by atoms with Crippen LogP contribution in [0.15, 0.2) is 47.1 Å². The molecule has 0 aliphatic carbocycles. The molecule has 20 heavy (non-hydrogen) atoms. The normalized spacial score (nSPS) is 11.1. The molecule has 1 aromatic carbocycles. The second-order valence-electron chi connectivity index (χ2n) is 4.64. The van der Waals surface area contributed by atoms with Gasteiger partial charge in [0.05, 0.1) is 12.8 Å². The topological polar surface area (TPSA) is 70.8 Å². The number of aromatic nitrogens is 4. The van der Waals surface area contributed by atoms with Gasteiger partial charge in [0.25, 0.3) is 0 Å². The molecule has 0 aliphatic heterocycles. The van der Waals surface area contributed by atoms with E-state index in [1.54, 1.807) is 6.26 Å². The van der Waals surface area contributed by atoms with Crippen LogP contribution in [0.3, 0.4) is 0 Å². The van der Waals surface area contributed by atoms with Gasteiger partial charge in [-0.05, 0) is 30.0 Å². The molecule has 102 valence electrons. The minimum Gasteiger partial charge on any atom is -0.468 e. The average Bonchev–Trinajstić information content (AvgIpc) is 3.11. The van der Waals surface area contributed by atoms with E-state index in [4.69, 9.17) is 4.42 Å². The van der Waals surface area contributed by atoms with Gasteiger partial charge >= 0.3 is 0 Å². The quantitative estimate of drug-likeness (QED) is 0.768. The molecule has 1 N–H and O–H groups in total. The first-order valence-electron chi connectivity index (χ1n) is 6.35. The first-order chi connectivity index (χ1) is 9.83. The van der Waals surface area contributed by atoms with E-state index in [0.29, 0.717) is 5.82 Å². The molecule has 0 aliphatic rings. The van der Waals surface area contributed by atoms with Crippen LogP contribution in [0.5, 0.6) is 0 Å².